The molecule has 2 aromatic rings. The van der Waals surface area contributed by atoms with Gasteiger partial charge in [0.25, 0.3) is 5.91 Å². The highest BCUT2D eigenvalue weighted by atomic mass is 35.5. The second kappa shape index (κ2) is 12.1. The molecule has 0 aromatic heterocycles. The predicted molar refractivity (Wildman–Crippen MR) is 130 cm³/mol. The molecule has 0 radical (unpaired) electrons. The van der Waals surface area contributed by atoms with E-state index in [9.17, 15) is 9.59 Å². The first kappa shape index (κ1) is 26.0. The highest BCUT2D eigenvalue weighted by Gasteiger charge is 2.30. The molecular formula is C25H32Cl2N2O3. The van der Waals surface area contributed by atoms with Gasteiger partial charge in [-0.2, -0.15) is 0 Å². The molecule has 0 aliphatic rings. The molecule has 0 saturated carbocycles. The summed E-state index contributed by atoms with van der Waals surface area (Å²) in [6.45, 7) is 9.65. The van der Waals surface area contributed by atoms with E-state index in [0.717, 1.165) is 17.5 Å². The fraction of sp³-hybridized carbons (Fsp3) is 0.440. The van der Waals surface area contributed by atoms with Crippen molar-refractivity contribution in [3.8, 4) is 5.75 Å². The highest BCUT2D eigenvalue weighted by molar-refractivity contribution is 6.36. The summed E-state index contributed by atoms with van der Waals surface area (Å²) in [7, 11) is 0. The van der Waals surface area contributed by atoms with E-state index in [1.165, 1.54) is 4.90 Å². The largest absolute Gasteiger partial charge is 0.483 e. The van der Waals surface area contributed by atoms with Gasteiger partial charge in [0.15, 0.2) is 6.61 Å². The van der Waals surface area contributed by atoms with Crippen molar-refractivity contribution in [1.82, 2.24) is 10.2 Å². The molecule has 174 valence electrons. The highest BCUT2D eigenvalue weighted by Crippen LogP contribution is 2.27. The van der Waals surface area contributed by atoms with Gasteiger partial charge in [0.1, 0.15) is 11.8 Å². The van der Waals surface area contributed by atoms with Crippen molar-refractivity contribution in [2.24, 2.45) is 0 Å². The van der Waals surface area contributed by atoms with Gasteiger partial charge in [-0.15, -0.1) is 0 Å². The van der Waals surface area contributed by atoms with Gasteiger partial charge in [-0.3, -0.25) is 9.59 Å². The average Bonchev–Trinajstić information content (AvgIpc) is 2.74. The summed E-state index contributed by atoms with van der Waals surface area (Å²) >= 11 is 12.7. The Bertz CT molecular complexity index is 929. The Hall–Kier alpha value is -2.24. The Labute approximate surface area is 201 Å². The van der Waals surface area contributed by atoms with Crippen molar-refractivity contribution >= 4 is 35.0 Å². The van der Waals surface area contributed by atoms with Crippen LogP contribution in [0.15, 0.2) is 36.4 Å². The lowest BCUT2D eigenvalue weighted by atomic mass is 10.1. The first-order valence-electron chi connectivity index (χ1n) is 10.9. The van der Waals surface area contributed by atoms with Crippen LogP contribution in [0.5, 0.6) is 5.75 Å². The molecule has 0 aliphatic heterocycles. The number of carbonyl (C=O) groups is 2. The molecule has 0 heterocycles. The summed E-state index contributed by atoms with van der Waals surface area (Å²) in [5.41, 5.74) is 2.66. The van der Waals surface area contributed by atoms with Crippen molar-refractivity contribution in [3.63, 3.8) is 0 Å². The third-order valence-electron chi connectivity index (χ3n) is 5.46. The fourth-order valence-electron chi connectivity index (χ4n) is 3.40. The first-order valence-corrected chi connectivity index (χ1v) is 11.7. The number of carbonyl (C=O) groups excluding carboxylic acids is 2. The van der Waals surface area contributed by atoms with E-state index < -0.39 is 6.04 Å². The zero-order chi connectivity index (χ0) is 23.8. The first-order chi connectivity index (χ1) is 15.2. The molecule has 2 unspecified atom stereocenters. The van der Waals surface area contributed by atoms with E-state index in [4.69, 9.17) is 27.9 Å². The minimum Gasteiger partial charge on any atom is -0.483 e. The van der Waals surface area contributed by atoms with Gasteiger partial charge in [-0.05, 0) is 57.4 Å². The summed E-state index contributed by atoms with van der Waals surface area (Å²) in [5.74, 6) is 0.119. The van der Waals surface area contributed by atoms with E-state index in [2.05, 4.69) is 5.32 Å². The third kappa shape index (κ3) is 6.88. The van der Waals surface area contributed by atoms with Crippen molar-refractivity contribution in [2.75, 3.05) is 6.61 Å². The molecule has 32 heavy (non-hydrogen) atoms. The Balaban J connectivity index is 2.30. The second-order valence-corrected chi connectivity index (χ2v) is 8.84. The maximum atomic E-state index is 13.3. The standard InChI is InChI=1S/C25H32Cl2N2O3/c1-6-18(5)28-25(31)22(7-2)29(14-19-20(26)9-8-10-21(19)27)24(30)15-32-23-12-11-16(3)13-17(23)4/h8-13,18,22H,6-7,14-15H2,1-5H3,(H,28,31). The molecular weight excluding hydrogens is 447 g/mol. The van der Waals surface area contributed by atoms with E-state index in [0.29, 0.717) is 27.8 Å². The zero-order valence-electron chi connectivity index (χ0n) is 19.4. The summed E-state index contributed by atoms with van der Waals surface area (Å²) in [4.78, 5) is 27.8. The molecule has 0 fully saturated rings. The van der Waals surface area contributed by atoms with Crippen LogP contribution in [-0.2, 0) is 16.1 Å². The quantitative estimate of drug-likeness (QED) is 0.475. The Morgan fingerprint density at radius 1 is 1.06 bits per heavy atom. The van der Waals surface area contributed by atoms with E-state index in [1.54, 1.807) is 18.2 Å². The van der Waals surface area contributed by atoms with E-state index in [1.807, 2.05) is 52.8 Å². The van der Waals surface area contributed by atoms with Gasteiger partial charge >= 0.3 is 0 Å². The van der Waals surface area contributed by atoms with Crippen LogP contribution in [0, 0.1) is 13.8 Å². The van der Waals surface area contributed by atoms with Crippen molar-refractivity contribution < 1.29 is 14.3 Å². The van der Waals surface area contributed by atoms with Crippen LogP contribution in [0.1, 0.15) is 50.3 Å². The maximum Gasteiger partial charge on any atom is 0.261 e. The fourth-order valence-corrected chi connectivity index (χ4v) is 3.91. The van der Waals surface area contributed by atoms with E-state index >= 15 is 0 Å². The number of rotatable bonds is 10. The number of nitrogens with zero attached hydrogens (tertiary/aromatic N) is 1. The van der Waals surface area contributed by atoms with Gasteiger partial charge in [0.2, 0.25) is 5.91 Å². The van der Waals surface area contributed by atoms with Crippen LogP contribution in [0.3, 0.4) is 0 Å². The summed E-state index contributed by atoms with van der Waals surface area (Å²) < 4.78 is 5.82. The lowest BCUT2D eigenvalue weighted by Crippen LogP contribution is -2.51. The molecule has 1 N–H and O–H groups in total. The van der Waals surface area contributed by atoms with Gasteiger partial charge in [0, 0.05) is 28.2 Å². The lowest BCUT2D eigenvalue weighted by molar-refractivity contribution is -0.143. The van der Waals surface area contributed by atoms with Crippen LogP contribution < -0.4 is 10.1 Å². The lowest BCUT2D eigenvalue weighted by Gasteiger charge is -2.32. The number of ether oxygens (including phenoxy) is 1. The van der Waals surface area contributed by atoms with E-state index in [-0.39, 0.29) is 31.0 Å². The van der Waals surface area contributed by atoms with Gasteiger partial charge in [-0.1, -0.05) is 60.8 Å². The molecule has 5 nitrogen and oxygen atoms in total. The maximum absolute atomic E-state index is 13.3. The Morgan fingerprint density at radius 2 is 1.72 bits per heavy atom. The third-order valence-corrected chi connectivity index (χ3v) is 6.17. The number of amides is 2. The number of hydrogen-bond acceptors (Lipinski definition) is 3. The predicted octanol–water partition coefficient (Wildman–Crippen LogP) is 5.71. The van der Waals surface area contributed by atoms with Crippen molar-refractivity contribution in [1.29, 1.82) is 0 Å². The van der Waals surface area contributed by atoms with Crippen LogP contribution in [0.25, 0.3) is 0 Å². The monoisotopic (exact) mass is 478 g/mol. The number of halogens is 2. The topological polar surface area (TPSA) is 58.6 Å². The molecule has 0 spiro atoms. The minimum atomic E-state index is -0.674. The van der Waals surface area contributed by atoms with Gasteiger partial charge < -0.3 is 15.0 Å². The number of benzene rings is 2. The van der Waals surface area contributed by atoms with Gasteiger partial charge in [0.05, 0.1) is 0 Å². The van der Waals surface area contributed by atoms with Crippen LogP contribution in [0.4, 0.5) is 0 Å². The number of hydrogen-bond donors (Lipinski definition) is 1. The second-order valence-electron chi connectivity index (χ2n) is 8.02. The van der Waals surface area contributed by atoms with Crippen LogP contribution >= 0.6 is 23.2 Å². The van der Waals surface area contributed by atoms with Crippen LogP contribution in [-0.4, -0.2) is 35.4 Å². The molecule has 0 aliphatic carbocycles. The average molecular weight is 479 g/mol. The minimum absolute atomic E-state index is 0.00358. The SMILES string of the molecule is CCC(C)NC(=O)C(CC)N(Cc1c(Cl)cccc1Cl)C(=O)COc1ccc(C)cc1C. The number of nitrogens with one attached hydrogen (secondary N) is 1. The summed E-state index contributed by atoms with van der Waals surface area (Å²) in [5, 5.41) is 3.87. The van der Waals surface area contributed by atoms with Gasteiger partial charge in [-0.25, -0.2) is 0 Å². The summed E-state index contributed by atoms with van der Waals surface area (Å²) in [6.07, 6.45) is 1.24. The molecule has 0 bridgehead atoms. The smallest absolute Gasteiger partial charge is 0.261 e. The normalized spacial score (nSPS) is 12.7. The number of aryl methyl sites for hydroxylation is 2. The van der Waals surface area contributed by atoms with Crippen molar-refractivity contribution in [2.45, 2.75) is 66.1 Å². The molecule has 2 rings (SSSR count). The molecule has 2 atom stereocenters. The molecule has 2 aromatic carbocycles. The Kier molecular flexibility index (Phi) is 9.85. The van der Waals surface area contributed by atoms with Crippen molar-refractivity contribution in [3.05, 3.63) is 63.1 Å². The molecule has 7 heteroatoms. The summed E-state index contributed by atoms with van der Waals surface area (Å²) in [6, 6.07) is 10.3. The van der Waals surface area contributed by atoms with Crippen LogP contribution in [0.2, 0.25) is 10.0 Å². The zero-order valence-corrected chi connectivity index (χ0v) is 20.9. The Morgan fingerprint density at radius 3 is 2.28 bits per heavy atom. The molecule has 2 amide bonds. The molecule has 0 saturated heterocycles.